The minimum absolute atomic E-state index is 0.0175. The van der Waals surface area contributed by atoms with Gasteiger partial charge in [-0.1, -0.05) is 65.3 Å². The Morgan fingerprint density at radius 3 is 2.37 bits per heavy atom. The summed E-state index contributed by atoms with van der Waals surface area (Å²) in [5, 5.41) is 0. The number of rotatable bonds is 5. The van der Waals surface area contributed by atoms with Crippen LogP contribution in [0.3, 0.4) is 0 Å². The average Bonchev–Trinajstić information content (AvgIpc) is 2.46. The maximum Gasteiger partial charge on any atom is 0.0323 e. The van der Waals surface area contributed by atoms with Gasteiger partial charge in [-0.05, 0) is 36.1 Å². The van der Waals surface area contributed by atoms with Gasteiger partial charge in [0.15, 0.2) is 0 Å². The molecule has 0 aromatic heterocycles. The first kappa shape index (κ1) is 14.6. The van der Waals surface area contributed by atoms with Gasteiger partial charge < -0.3 is 0 Å². The molecule has 19 heavy (non-hydrogen) atoms. The summed E-state index contributed by atoms with van der Waals surface area (Å²) in [6.07, 6.45) is 2.00. The van der Waals surface area contributed by atoms with Crippen LogP contribution in [0.1, 0.15) is 24.5 Å². The van der Waals surface area contributed by atoms with Gasteiger partial charge in [-0.2, -0.15) is 0 Å². The molecule has 0 radical (unpaired) electrons. The third kappa shape index (κ3) is 3.40. The molecule has 0 heterocycles. The molecule has 0 saturated heterocycles. The molecule has 1 unspecified atom stereocenters. The Morgan fingerprint density at radius 1 is 1.05 bits per heavy atom. The fourth-order valence-electron chi connectivity index (χ4n) is 2.48. The molecule has 0 bridgehead atoms. The van der Waals surface area contributed by atoms with E-state index in [1.54, 1.807) is 0 Å². The van der Waals surface area contributed by atoms with E-state index < -0.39 is 0 Å². The highest BCUT2D eigenvalue weighted by Crippen LogP contribution is 2.33. The zero-order valence-corrected chi connectivity index (χ0v) is 13.4. The van der Waals surface area contributed by atoms with E-state index in [-0.39, 0.29) is 5.41 Å². The SMILES string of the molecule is CCC(CCl)(Cc1cccc(Br)c1)c1ccccc1. The largest absolute Gasteiger partial charge is 0.126 e. The molecule has 2 aromatic carbocycles. The van der Waals surface area contributed by atoms with Crippen molar-refractivity contribution >= 4 is 27.5 Å². The van der Waals surface area contributed by atoms with Crippen LogP contribution in [0.25, 0.3) is 0 Å². The lowest BCUT2D eigenvalue weighted by atomic mass is 9.75. The smallest absolute Gasteiger partial charge is 0.0323 e. The zero-order valence-electron chi connectivity index (χ0n) is 11.1. The van der Waals surface area contributed by atoms with Crippen molar-refractivity contribution in [3.63, 3.8) is 0 Å². The number of hydrogen-bond acceptors (Lipinski definition) is 0. The van der Waals surface area contributed by atoms with Gasteiger partial charge in [0.25, 0.3) is 0 Å². The Morgan fingerprint density at radius 2 is 1.79 bits per heavy atom. The van der Waals surface area contributed by atoms with Gasteiger partial charge in [-0.3, -0.25) is 0 Å². The van der Waals surface area contributed by atoms with Crippen molar-refractivity contribution in [1.29, 1.82) is 0 Å². The summed E-state index contributed by atoms with van der Waals surface area (Å²) >= 11 is 9.87. The van der Waals surface area contributed by atoms with Crippen LogP contribution < -0.4 is 0 Å². The van der Waals surface area contributed by atoms with Crippen LogP contribution in [0, 0.1) is 0 Å². The lowest BCUT2D eigenvalue weighted by Crippen LogP contribution is -2.30. The summed E-state index contributed by atoms with van der Waals surface area (Å²) in [4.78, 5) is 0. The van der Waals surface area contributed by atoms with E-state index in [4.69, 9.17) is 11.6 Å². The van der Waals surface area contributed by atoms with Gasteiger partial charge in [-0.25, -0.2) is 0 Å². The van der Waals surface area contributed by atoms with Crippen LogP contribution >= 0.6 is 27.5 Å². The van der Waals surface area contributed by atoms with Gasteiger partial charge in [0.1, 0.15) is 0 Å². The molecular formula is C17H18BrCl. The first-order valence-corrected chi connectivity index (χ1v) is 7.89. The molecule has 100 valence electrons. The van der Waals surface area contributed by atoms with E-state index in [2.05, 4.69) is 77.5 Å². The average molecular weight is 338 g/mol. The summed E-state index contributed by atoms with van der Waals surface area (Å²) in [6.45, 7) is 2.22. The predicted molar refractivity (Wildman–Crippen MR) is 87.0 cm³/mol. The minimum Gasteiger partial charge on any atom is -0.126 e. The fourth-order valence-corrected chi connectivity index (χ4v) is 3.36. The molecule has 0 aliphatic carbocycles. The first-order chi connectivity index (χ1) is 9.20. The van der Waals surface area contributed by atoms with Gasteiger partial charge in [0, 0.05) is 15.8 Å². The lowest BCUT2D eigenvalue weighted by molar-refractivity contribution is 0.458. The van der Waals surface area contributed by atoms with E-state index in [0.717, 1.165) is 17.3 Å². The quantitative estimate of drug-likeness (QED) is 0.625. The second kappa shape index (κ2) is 6.58. The summed E-state index contributed by atoms with van der Waals surface area (Å²) in [5.41, 5.74) is 2.66. The summed E-state index contributed by atoms with van der Waals surface area (Å²) in [7, 11) is 0. The second-order valence-electron chi connectivity index (χ2n) is 4.94. The van der Waals surface area contributed by atoms with Gasteiger partial charge in [-0.15, -0.1) is 11.6 Å². The molecule has 0 aliphatic rings. The highest BCUT2D eigenvalue weighted by Gasteiger charge is 2.29. The third-order valence-corrected chi connectivity index (χ3v) is 4.76. The second-order valence-corrected chi connectivity index (χ2v) is 6.12. The van der Waals surface area contributed by atoms with Gasteiger partial charge in [0.05, 0.1) is 0 Å². The standard InChI is InChI=1S/C17H18BrCl/c1-2-17(13-19,15-8-4-3-5-9-15)12-14-7-6-10-16(18)11-14/h3-11H,2,12-13H2,1H3. The predicted octanol–water partition coefficient (Wildman–Crippen LogP) is 5.58. The minimum atomic E-state index is 0.0175. The van der Waals surface area contributed by atoms with Crippen LogP contribution in [0.5, 0.6) is 0 Å². The molecule has 0 nitrogen and oxygen atoms in total. The van der Waals surface area contributed by atoms with E-state index in [1.165, 1.54) is 11.1 Å². The molecule has 0 saturated carbocycles. The summed E-state index contributed by atoms with van der Waals surface area (Å²) in [5.74, 6) is 0.639. The van der Waals surface area contributed by atoms with Crippen molar-refractivity contribution in [2.24, 2.45) is 0 Å². The Hall–Kier alpha value is -0.790. The molecular weight excluding hydrogens is 320 g/mol. The fraction of sp³-hybridized carbons (Fsp3) is 0.294. The van der Waals surface area contributed by atoms with Gasteiger partial charge >= 0.3 is 0 Å². The van der Waals surface area contributed by atoms with Crippen LogP contribution in [-0.4, -0.2) is 5.88 Å². The highest BCUT2D eigenvalue weighted by atomic mass is 79.9. The molecule has 0 aliphatic heterocycles. The van der Waals surface area contributed by atoms with Crippen molar-refractivity contribution in [2.45, 2.75) is 25.2 Å². The molecule has 2 heteroatoms. The van der Waals surface area contributed by atoms with Crippen LogP contribution in [0.15, 0.2) is 59.1 Å². The highest BCUT2D eigenvalue weighted by molar-refractivity contribution is 9.10. The normalized spacial score (nSPS) is 14.1. The van der Waals surface area contributed by atoms with Crippen LogP contribution in [0.2, 0.25) is 0 Å². The van der Waals surface area contributed by atoms with Crippen LogP contribution in [-0.2, 0) is 11.8 Å². The molecule has 1 atom stereocenters. The number of halogens is 2. The molecule has 0 amide bonds. The van der Waals surface area contributed by atoms with Crippen molar-refractivity contribution in [2.75, 3.05) is 5.88 Å². The van der Waals surface area contributed by atoms with Gasteiger partial charge in [0.2, 0.25) is 0 Å². The lowest BCUT2D eigenvalue weighted by Gasteiger charge is -2.31. The zero-order chi connectivity index (χ0) is 13.7. The van der Waals surface area contributed by atoms with Crippen molar-refractivity contribution in [3.05, 3.63) is 70.2 Å². The Labute approximate surface area is 128 Å². The molecule has 0 fully saturated rings. The molecule has 0 N–H and O–H groups in total. The van der Waals surface area contributed by atoms with E-state index in [9.17, 15) is 0 Å². The maximum absolute atomic E-state index is 6.34. The number of benzene rings is 2. The molecule has 2 aromatic rings. The van der Waals surface area contributed by atoms with Crippen molar-refractivity contribution in [1.82, 2.24) is 0 Å². The Kier molecular flexibility index (Phi) is 5.06. The Balaban J connectivity index is 2.35. The third-order valence-electron chi connectivity index (χ3n) is 3.75. The van der Waals surface area contributed by atoms with Crippen molar-refractivity contribution < 1.29 is 0 Å². The summed E-state index contributed by atoms with van der Waals surface area (Å²) < 4.78 is 1.12. The van der Waals surface area contributed by atoms with Crippen molar-refractivity contribution in [3.8, 4) is 0 Å². The first-order valence-electron chi connectivity index (χ1n) is 6.56. The molecule has 0 spiro atoms. The number of hydrogen-bond donors (Lipinski definition) is 0. The molecule has 2 rings (SSSR count). The van der Waals surface area contributed by atoms with E-state index in [1.807, 2.05) is 0 Å². The number of alkyl halides is 1. The van der Waals surface area contributed by atoms with E-state index in [0.29, 0.717) is 5.88 Å². The Bertz CT molecular complexity index is 518. The van der Waals surface area contributed by atoms with E-state index >= 15 is 0 Å². The maximum atomic E-state index is 6.34. The monoisotopic (exact) mass is 336 g/mol. The topological polar surface area (TPSA) is 0 Å². The summed E-state index contributed by atoms with van der Waals surface area (Å²) in [6, 6.07) is 19.1. The van der Waals surface area contributed by atoms with Crippen LogP contribution in [0.4, 0.5) is 0 Å².